The molecule has 0 bridgehead atoms. The van der Waals surface area contributed by atoms with Crippen molar-refractivity contribution < 1.29 is 9.21 Å². The Morgan fingerprint density at radius 2 is 1.88 bits per heavy atom. The molecule has 0 fully saturated rings. The molecule has 3 rings (SSSR count). The van der Waals surface area contributed by atoms with Gasteiger partial charge in [-0.05, 0) is 38.0 Å². The summed E-state index contributed by atoms with van der Waals surface area (Å²) in [7, 11) is 0. The molecule has 0 saturated heterocycles. The maximum atomic E-state index is 12.7. The number of rotatable bonds is 6. The summed E-state index contributed by atoms with van der Waals surface area (Å²) in [5.41, 5.74) is 3.93. The van der Waals surface area contributed by atoms with Gasteiger partial charge in [-0.25, -0.2) is 0 Å². The van der Waals surface area contributed by atoms with Crippen molar-refractivity contribution in [1.82, 2.24) is 10.2 Å². The van der Waals surface area contributed by atoms with E-state index in [1.807, 2.05) is 69.3 Å². The molecule has 5 heteroatoms. The van der Waals surface area contributed by atoms with Gasteiger partial charge in [0.15, 0.2) is 5.78 Å². The summed E-state index contributed by atoms with van der Waals surface area (Å²) in [4.78, 5) is 12.7. The lowest BCUT2D eigenvalue weighted by Gasteiger charge is -2.10. The highest BCUT2D eigenvalue weighted by atomic mass is 32.2. The third-order valence-electron chi connectivity index (χ3n) is 3.95. The third kappa shape index (κ3) is 4.37. The van der Waals surface area contributed by atoms with Gasteiger partial charge < -0.3 is 4.42 Å². The molecule has 0 aliphatic carbocycles. The van der Waals surface area contributed by atoms with E-state index >= 15 is 0 Å². The van der Waals surface area contributed by atoms with E-state index in [-0.39, 0.29) is 11.0 Å². The molecular weight excluding hydrogens is 332 g/mol. The van der Waals surface area contributed by atoms with E-state index in [4.69, 9.17) is 4.42 Å². The quantitative estimate of drug-likeness (QED) is 0.478. The number of carbonyl (C=O) groups excluding carboxylic acids is 1. The summed E-state index contributed by atoms with van der Waals surface area (Å²) >= 11 is 1.30. The molecule has 0 radical (unpaired) electrons. The molecule has 0 amide bonds. The summed E-state index contributed by atoms with van der Waals surface area (Å²) < 4.78 is 5.69. The van der Waals surface area contributed by atoms with Crippen molar-refractivity contribution in [2.24, 2.45) is 0 Å². The maximum Gasteiger partial charge on any atom is 0.277 e. The molecule has 3 aromatic rings. The molecule has 2 aromatic carbocycles. The third-order valence-corrected chi connectivity index (χ3v) is 4.89. The Kier molecular flexibility index (Phi) is 5.34. The van der Waals surface area contributed by atoms with Crippen LogP contribution < -0.4 is 0 Å². The first kappa shape index (κ1) is 17.4. The van der Waals surface area contributed by atoms with Crippen LogP contribution in [0.5, 0.6) is 0 Å². The molecular formula is C20H20N2O2S. The largest absolute Gasteiger partial charge is 0.416 e. The van der Waals surface area contributed by atoms with E-state index in [0.29, 0.717) is 17.5 Å². The maximum absolute atomic E-state index is 12.7. The zero-order chi connectivity index (χ0) is 17.8. The number of Topliss-reactive ketones (excluding diaryl/α,β-unsaturated/α-hetero) is 1. The number of hydrogen-bond donors (Lipinski definition) is 0. The van der Waals surface area contributed by atoms with Gasteiger partial charge in [0.2, 0.25) is 5.89 Å². The predicted molar refractivity (Wildman–Crippen MR) is 99.1 cm³/mol. The van der Waals surface area contributed by atoms with E-state index < -0.39 is 0 Å². The molecule has 1 unspecified atom stereocenters. The molecule has 25 heavy (non-hydrogen) atoms. The molecule has 0 aliphatic heterocycles. The number of carbonyl (C=O) groups is 1. The molecule has 128 valence electrons. The van der Waals surface area contributed by atoms with Crippen molar-refractivity contribution >= 4 is 17.5 Å². The first-order valence-corrected chi connectivity index (χ1v) is 9.05. The highest BCUT2D eigenvalue weighted by Crippen LogP contribution is 2.26. The number of aromatic nitrogens is 2. The van der Waals surface area contributed by atoms with Crippen LogP contribution in [-0.2, 0) is 6.42 Å². The zero-order valence-corrected chi connectivity index (χ0v) is 15.3. The smallest absolute Gasteiger partial charge is 0.277 e. The van der Waals surface area contributed by atoms with Gasteiger partial charge in [-0.2, -0.15) is 0 Å². The second-order valence-electron chi connectivity index (χ2n) is 6.07. The van der Waals surface area contributed by atoms with E-state index in [9.17, 15) is 4.79 Å². The fourth-order valence-corrected chi connectivity index (χ4v) is 3.32. The lowest BCUT2D eigenvalue weighted by atomic mass is 10.0. The van der Waals surface area contributed by atoms with Crippen LogP contribution >= 0.6 is 11.8 Å². The summed E-state index contributed by atoms with van der Waals surface area (Å²) in [5, 5.41) is 8.28. The van der Waals surface area contributed by atoms with Crippen LogP contribution in [0, 0.1) is 13.8 Å². The Hall–Kier alpha value is -2.40. The molecule has 4 nitrogen and oxygen atoms in total. The fourth-order valence-electron chi connectivity index (χ4n) is 2.55. The molecule has 0 N–H and O–H groups in total. The van der Waals surface area contributed by atoms with Crippen molar-refractivity contribution in [2.75, 3.05) is 0 Å². The summed E-state index contributed by atoms with van der Waals surface area (Å²) in [5.74, 6) is 0.633. The van der Waals surface area contributed by atoms with Crippen molar-refractivity contribution in [3.63, 3.8) is 0 Å². The van der Waals surface area contributed by atoms with Crippen molar-refractivity contribution in [3.05, 3.63) is 76.7 Å². The Morgan fingerprint density at radius 1 is 1.12 bits per heavy atom. The number of nitrogens with zero attached hydrogens (tertiary/aromatic N) is 2. The second-order valence-corrected chi connectivity index (χ2v) is 7.36. The van der Waals surface area contributed by atoms with E-state index in [1.165, 1.54) is 11.8 Å². The second kappa shape index (κ2) is 7.66. The summed E-state index contributed by atoms with van der Waals surface area (Å²) in [6.07, 6.45) is 0.591. The number of aryl methyl sites for hydroxylation is 2. The monoisotopic (exact) mass is 352 g/mol. The minimum atomic E-state index is -0.287. The first-order valence-electron chi connectivity index (χ1n) is 8.17. The van der Waals surface area contributed by atoms with E-state index in [1.54, 1.807) is 0 Å². The molecule has 0 aliphatic rings. The van der Waals surface area contributed by atoms with Gasteiger partial charge in [0.25, 0.3) is 5.22 Å². The Bertz CT molecular complexity index is 874. The van der Waals surface area contributed by atoms with Crippen LogP contribution in [-0.4, -0.2) is 21.2 Å². The van der Waals surface area contributed by atoms with Crippen LogP contribution in [0.25, 0.3) is 0 Å². The highest BCUT2D eigenvalue weighted by molar-refractivity contribution is 8.00. The van der Waals surface area contributed by atoms with Gasteiger partial charge in [-0.1, -0.05) is 59.8 Å². The Labute approximate surface area is 151 Å². The van der Waals surface area contributed by atoms with Gasteiger partial charge >= 0.3 is 0 Å². The number of ketones is 1. The first-order chi connectivity index (χ1) is 12.0. The fraction of sp³-hybridized carbons (Fsp3) is 0.250. The van der Waals surface area contributed by atoms with Crippen LogP contribution in [0.15, 0.2) is 58.2 Å². The van der Waals surface area contributed by atoms with Crippen molar-refractivity contribution in [2.45, 2.75) is 37.7 Å². The van der Waals surface area contributed by atoms with Crippen LogP contribution in [0.2, 0.25) is 0 Å². The van der Waals surface area contributed by atoms with Gasteiger partial charge in [0, 0.05) is 5.56 Å². The van der Waals surface area contributed by atoms with Crippen LogP contribution in [0.3, 0.4) is 0 Å². The molecule has 1 aromatic heterocycles. The molecule has 1 atom stereocenters. The summed E-state index contributed by atoms with van der Waals surface area (Å²) in [6.45, 7) is 5.81. The molecule has 0 spiro atoms. The van der Waals surface area contributed by atoms with Gasteiger partial charge in [-0.15, -0.1) is 10.2 Å². The minimum absolute atomic E-state index is 0.0778. The van der Waals surface area contributed by atoms with E-state index in [2.05, 4.69) is 10.2 Å². The normalized spacial score (nSPS) is 12.1. The molecule has 1 heterocycles. The average molecular weight is 352 g/mol. The topological polar surface area (TPSA) is 56.0 Å². The molecule has 0 saturated carbocycles. The minimum Gasteiger partial charge on any atom is -0.416 e. The Morgan fingerprint density at radius 3 is 2.64 bits per heavy atom. The summed E-state index contributed by atoms with van der Waals surface area (Å²) in [6, 6.07) is 15.9. The number of benzene rings is 2. The van der Waals surface area contributed by atoms with Gasteiger partial charge in [0.1, 0.15) is 0 Å². The van der Waals surface area contributed by atoms with Gasteiger partial charge in [0.05, 0.1) is 11.7 Å². The average Bonchev–Trinajstić information content (AvgIpc) is 3.04. The van der Waals surface area contributed by atoms with Crippen molar-refractivity contribution in [1.29, 1.82) is 0 Å². The highest BCUT2D eigenvalue weighted by Gasteiger charge is 2.21. The van der Waals surface area contributed by atoms with Crippen LogP contribution in [0.1, 0.15) is 39.9 Å². The lowest BCUT2D eigenvalue weighted by molar-refractivity contribution is 0.0993. The Balaban J connectivity index is 1.68. The SMILES string of the molecule is Cc1ccc(C)c(C(=O)C(C)Sc2nnc(Cc3ccccc3)o2)c1. The van der Waals surface area contributed by atoms with E-state index in [0.717, 1.165) is 22.3 Å². The standard InChI is InChI=1S/C20H20N2O2S/c1-13-9-10-14(2)17(11-13)19(23)15(3)25-20-22-21-18(24-20)12-16-7-5-4-6-8-16/h4-11,15H,12H2,1-3H3. The van der Waals surface area contributed by atoms with Crippen molar-refractivity contribution in [3.8, 4) is 0 Å². The van der Waals surface area contributed by atoms with Crippen LogP contribution in [0.4, 0.5) is 0 Å². The zero-order valence-electron chi connectivity index (χ0n) is 14.5. The number of thioether (sulfide) groups is 1. The number of hydrogen-bond acceptors (Lipinski definition) is 5. The lowest BCUT2D eigenvalue weighted by Crippen LogP contribution is -2.15. The van der Waals surface area contributed by atoms with Gasteiger partial charge in [-0.3, -0.25) is 4.79 Å². The predicted octanol–water partition coefficient (Wildman–Crippen LogP) is 4.64.